The number of nitro groups is 1. The van der Waals surface area contributed by atoms with Crippen LogP contribution in [0.2, 0.25) is 0 Å². The molecular weight excluding hydrogens is 399 g/mol. The predicted octanol–water partition coefficient (Wildman–Crippen LogP) is 2.76. The van der Waals surface area contributed by atoms with Gasteiger partial charge in [0.1, 0.15) is 5.82 Å². The molecule has 0 aromatic heterocycles. The molecular formula is C15H12BrFN4O4. The smallest absolute Gasteiger partial charge is 0.312 e. The fourth-order valence-electron chi connectivity index (χ4n) is 1.81. The molecule has 0 spiro atoms. The van der Waals surface area contributed by atoms with Crippen molar-refractivity contribution >= 4 is 39.4 Å². The standard InChI is InChI=1S/C15H12BrFN4O4/c16-10-5-9(15(23)13(6-10)21(24)25)7-19-20-14(22)8-18-12-3-1-11(17)2-4-12/h1-7,18,23H,8H2,(H,20,22)/b19-7-. The molecule has 2 aromatic rings. The molecule has 0 heterocycles. The molecule has 8 nitrogen and oxygen atoms in total. The summed E-state index contributed by atoms with van der Waals surface area (Å²) in [5.41, 5.74) is 2.34. The van der Waals surface area contributed by atoms with E-state index in [4.69, 9.17) is 0 Å². The van der Waals surface area contributed by atoms with Crippen LogP contribution < -0.4 is 10.7 Å². The Morgan fingerprint density at radius 3 is 2.68 bits per heavy atom. The number of benzene rings is 2. The molecule has 0 saturated heterocycles. The van der Waals surface area contributed by atoms with Gasteiger partial charge in [-0.2, -0.15) is 5.10 Å². The number of phenolic OH excluding ortho intramolecular Hbond substituents is 1. The Bertz CT molecular complexity index is 827. The van der Waals surface area contributed by atoms with Gasteiger partial charge in [0.25, 0.3) is 5.91 Å². The number of nitrogens with one attached hydrogen (secondary N) is 2. The van der Waals surface area contributed by atoms with Crippen LogP contribution in [0.25, 0.3) is 0 Å². The number of hydrazone groups is 1. The molecule has 0 saturated carbocycles. The molecule has 0 aliphatic heterocycles. The number of aromatic hydroxyl groups is 1. The normalized spacial score (nSPS) is 10.6. The van der Waals surface area contributed by atoms with E-state index >= 15 is 0 Å². The number of anilines is 1. The van der Waals surface area contributed by atoms with Crippen LogP contribution in [0.4, 0.5) is 15.8 Å². The number of phenols is 1. The number of hydrogen-bond acceptors (Lipinski definition) is 6. The van der Waals surface area contributed by atoms with Gasteiger partial charge in [-0.3, -0.25) is 14.9 Å². The van der Waals surface area contributed by atoms with Crippen molar-refractivity contribution in [3.63, 3.8) is 0 Å². The van der Waals surface area contributed by atoms with Crippen LogP contribution in [0.5, 0.6) is 5.75 Å². The lowest BCUT2D eigenvalue weighted by atomic mass is 10.2. The third kappa shape index (κ3) is 5.24. The fourth-order valence-corrected chi connectivity index (χ4v) is 2.27. The molecule has 1 amide bonds. The van der Waals surface area contributed by atoms with Gasteiger partial charge in [-0.05, 0) is 30.3 Å². The van der Waals surface area contributed by atoms with E-state index in [-0.39, 0.29) is 17.9 Å². The Balaban J connectivity index is 1.95. The lowest BCUT2D eigenvalue weighted by molar-refractivity contribution is -0.385. The molecule has 0 fully saturated rings. The zero-order valence-corrected chi connectivity index (χ0v) is 14.2. The van der Waals surface area contributed by atoms with Gasteiger partial charge in [-0.15, -0.1) is 0 Å². The Morgan fingerprint density at radius 2 is 2.04 bits per heavy atom. The highest BCUT2D eigenvalue weighted by Crippen LogP contribution is 2.32. The molecule has 0 bridgehead atoms. The molecule has 0 aliphatic rings. The first-order valence-corrected chi connectivity index (χ1v) is 7.64. The molecule has 0 aliphatic carbocycles. The number of nitro benzene ring substituents is 1. The van der Waals surface area contributed by atoms with E-state index in [2.05, 4.69) is 31.8 Å². The van der Waals surface area contributed by atoms with E-state index in [9.17, 15) is 24.4 Å². The molecule has 130 valence electrons. The minimum atomic E-state index is -0.734. The number of amides is 1. The van der Waals surface area contributed by atoms with Crippen molar-refractivity contribution in [3.05, 3.63) is 62.4 Å². The fraction of sp³-hybridized carbons (Fsp3) is 0.0667. The first-order chi connectivity index (χ1) is 11.9. The van der Waals surface area contributed by atoms with E-state index in [1.807, 2.05) is 0 Å². The van der Waals surface area contributed by atoms with Gasteiger partial charge in [0, 0.05) is 21.8 Å². The second-order valence-corrected chi connectivity index (χ2v) is 5.69. The van der Waals surface area contributed by atoms with Crippen LogP contribution in [0.15, 0.2) is 46.0 Å². The number of hydrogen-bond donors (Lipinski definition) is 3. The van der Waals surface area contributed by atoms with Gasteiger partial charge in [0.2, 0.25) is 5.75 Å². The van der Waals surface area contributed by atoms with Crippen LogP contribution in [-0.4, -0.2) is 28.7 Å². The predicted molar refractivity (Wildman–Crippen MR) is 93.1 cm³/mol. The lowest BCUT2D eigenvalue weighted by Gasteiger charge is -2.05. The average molecular weight is 411 g/mol. The summed E-state index contributed by atoms with van der Waals surface area (Å²) in [5, 5.41) is 27.1. The number of nitrogens with zero attached hydrogens (tertiary/aromatic N) is 2. The summed E-state index contributed by atoms with van der Waals surface area (Å²) in [6.07, 6.45) is 1.09. The lowest BCUT2D eigenvalue weighted by Crippen LogP contribution is -2.25. The zero-order chi connectivity index (χ0) is 18.4. The largest absolute Gasteiger partial charge is 0.502 e. The van der Waals surface area contributed by atoms with Crippen molar-refractivity contribution in [2.45, 2.75) is 0 Å². The Morgan fingerprint density at radius 1 is 1.36 bits per heavy atom. The summed E-state index contributed by atoms with van der Waals surface area (Å²) in [7, 11) is 0. The van der Waals surface area contributed by atoms with E-state index < -0.39 is 22.3 Å². The summed E-state index contributed by atoms with van der Waals surface area (Å²) in [6.45, 7) is -0.117. The zero-order valence-electron chi connectivity index (χ0n) is 12.6. The summed E-state index contributed by atoms with van der Waals surface area (Å²) in [4.78, 5) is 21.8. The maximum absolute atomic E-state index is 12.8. The van der Waals surface area contributed by atoms with E-state index in [0.717, 1.165) is 12.3 Å². The number of carbonyl (C=O) groups excluding carboxylic acids is 1. The van der Waals surface area contributed by atoms with Gasteiger partial charge in [-0.25, -0.2) is 9.82 Å². The monoisotopic (exact) mass is 410 g/mol. The van der Waals surface area contributed by atoms with Gasteiger partial charge in [0.15, 0.2) is 0 Å². The minimum Gasteiger partial charge on any atom is -0.502 e. The van der Waals surface area contributed by atoms with Gasteiger partial charge < -0.3 is 10.4 Å². The van der Waals surface area contributed by atoms with Crippen LogP contribution in [0.1, 0.15) is 5.56 Å². The topological polar surface area (TPSA) is 117 Å². The third-order valence-electron chi connectivity index (χ3n) is 2.97. The van der Waals surface area contributed by atoms with Crippen LogP contribution >= 0.6 is 15.9 Å². The summed E-state index contributed by atoms with van der Waals surface area (Å²) < 4.78 is 13.1. The van der Waals surface area contributed by atoms with Crippen molar-refractivity contribution in [1.29, 1.82) is 0 Å². The maximum atomic E-state index is 12.8. The van der Waals surface area contributed by atoms with Crippen molar-refractivity contribution in [1.82, 2.24) is 5.43 Å². The Kier molecular flexibility index (Phi) is 6.01. The van der Waals surface area contributed by atoms with Gasteiger partial charge in [0.05, 0.1) is 17.7 Å². The first-order valence-electron chi connectivity index (χ1n) is 6.85. The van der Waals surface area contributed by atoms with Gasteiger partial charge in [-0.1, -0.05) is 15.9 Å². The summed E-state index contributed by atoms with van der Waals surface area (Å²) in [5.74, 6) is -1.44. The molecule has 3 N–H and O–H groups in total. The van der Waals surface area contributed by atoms with E-state index in [1.54, 1.807) is 0 Å². The minimum absolute atomic E-state index is 0.0628. The SMILES string of the molecule is O=C(CNc1ccc(F)cc1)N/N=C\c1cc(Br)cc([N+](=O)[O-])c1O. The van der Waals surface area contributed by atoms with Crippen molar-refractivity contribution in [2.75, 3.05) is 11.9 Å². The van der Waals surface area contributed by atoms with E-state index in [1.165, 1.54) is 30.3 Å². The van der Waals surface area contributed by atoms with Crippen molar-refractivity contribution < 1.29 is 19.2 Å². The molecule has 2 aromatic carbocycles. The molecule has 0 radical (unpaired) electrons. The van der Waals surface area contributed by atoms with Crippen molar-refractivity contribution in [3.8, 4) is 5.75 Å². The summed E-state index contributed by atoms with van der Waals surface area (Å²) >= 11 is 3.09. The second kappa shape index (κ2) is 8.20. The summed E-state index contributed by atoms with van der Waals surface area (Å²) in [6, 6.07) is 8.02. The second-order valence-electron chi connectivity index (χ2n) is 4.77. The van der Waals surface area contributed by atoms with Crippen LogP contribution in [0.3, 0.4) is 0 Å². The highest BCUT2D eigenvalue weighted by Gasteiger charge is 2.17. The first kappa shape index (κ1) is 18.3. The average Bonchev–Trinajstić information content (AvgIpc) is 2.57. The Labute approximate surface area is 149 Å². The molecule has 0 atom stereocenters. The van der Waals surface area contributed by atoms with Crippen LogP contribution in [0, 0.1) is 15.9 Å². The van der Waals surface area contributed by atoms with Crippen LogP contribution in [-0.2, 0) is 4.79 Å². The molecule has 0 unspecified atom stereocenters. The number of rotatable bonds is 6. The molecule has 10 heteroatoms. The third-order valence-corrected chi connectivity index (χ3v) is 3.43. The van der Waals surface area contributed by atoms with Gasteiger partial charge >= 0.3 is 5.69 Å². The quantitative estimate of drug-likeness (QED) is 0.384. The highest BCUT2D eigenvalue weighted by atomic mass is 79.9. The molecule has 25 heavy (non-hydrogen) atoms. The maximum Gasteiger partial charge on any atom is 0.312 e. The van der Waals surface area contributed by atoms with E-state index in [0.29, 0.717) is 10.2 Å². The number of halogens is 2. The van der Waals surface area contributed by atoms with Crippen molar-refractivity contribution in [2.24, 2.45) is 5.10 Å². The molecule has 2 rings (SSSR count). The number of carbonyl (C=O) groups is 1. The highest BCUT2D eigenvalue weighted by molar-refractivity contribution is 9.10. The Hall–Kier alpha value is -3.01.